The van der Waals surface area contributed by atoms with Crippen LogP contribution in [0.1, 0.15) is 103 Å². The van der Waals surface area contributed by atoms with Gasteiger partial charge >= 0.3 is 5.97 Å². The summed E-state index contributed by atoms with van der Waals surface area (Å²) in [5.74, 6) is -0.658. The molecular weight excluding hydrogens is 274 g/mol. The zero-order valence-corrected chi connectivity index (χ0v) is 14.9. The van der Waals surface area contributed by atoms with Gasteiger partial charge in [-0.3, -0.25) is 4.79 Å². The third kappa shape index (κ3) is 19.4. The molecule has 0 saturated heterocycles. The average molecular weight is 314 g/mol. The van der Waals surface area contributed by atoms with Crippen molar-refractivity contribution in [3.05, 3.63) is 0 Å². The van der Waals surface area contributed by atoms with Crippen molar-refractivity contribution in [3.63, 3.8) is 0 Å². The molecule has 0 heterocycles. The second-order valence-corrected chi connectivity index (χ2v) is 6.49. The number of aliphatic carboxylic acids is 1. The van der Waals surface area contributed by atoms with Crippen LogP contribution in [0.15, 0.2) is 0 Å². The van der Waals surface area contributed by atoms with Gasteiger partial charge in [-0.1, -0.05) is 77.6 Å². The summed E-state index contributed by atoms with van der Waals surface area (Å²) in [5, 5.41) is 12.1. The Balaban J connectivity index is 2.95. The molecule has 0 bridgehead atoms. The van der Waals surface area contributed by atoms with Gasteiger partial charge in [0.2, 0.25) is 0 Å². The Hall–Kier alpha value is -0.570. The highest BCUT2D eigenvalue weighted by Crippen LogP contribution is 2.10. The maximum atomic E-state index is 10.4. The first-order valence-corrected chi connectivity index (χ1v) is 9.70. The van der Waals surface area contributed by atoms with E-state index in [1.165, 1.54) is 90.1 Å². The van der Waals surface area contributed by atoms with Gasteiger partial charge in [0, 0.05) is 6.42 Å². The Labute approximate surface area is 138 Å². The zero-order valence-electron chi connectivity index (χ0n) is 14.9. The highest BCUT2D eigenvalue weighted by Gasteiger charge is 1.97. The van der Waals surface area contributed by atoms with E-state index >= 15 is 0 Å². The van der Waals surface area contributed by atoms with Crippen LogP contribution in [0.5, 0.6) is 0 Å². The molecule has 132 valence electrons. The molecule has 0 aromatic rings. The molecule has 3 heteroatoms. The van der Waals surface area contributed by atoms with E-state index in [4.69, 9.17) is 5.11 Å². The molecule has 0 spiro atoms. The van der Waals surface area contributed by atoms with Crippen molar-refractivity contribution in [2.24, 2.45) is 0 Å². The van der Waals surface area contributed by atoms with Gasteiger partial charge in [-0.05, 0) is 32.4 Å². The molecule has 0 saturated carbocycles. The summed E-state index contributed by atoms with van der Waals surface area (Å²) in [6, 6.07) is 0. The first-order chi connectivity index (χ1) is 10.8. The highest BCUT2D eigenvalue weighted by atomic mass is 16.4. The quantitative estimate of drug-likeness (QED) is 0.327. The lowest BCUT2D eigenvalue weighted by atomic mass is 10.1. The van der Waals surface area contributed by atoms with Gasteiger partial charge < -0.3 is 10.4 Å². The number of hydrogen-bond donors (Lipinski definition) is 2. The van der Waals surface area contributed by atoms with Crippen molar-refractivity contribution < 1.29 is 9.90 Å². The van der Waals surface area contributed by atoms with Gasteiger partial charge in [0.1, 0.15) is 0 Å². The monoisotopic (exact) mass is 313 g/mol. The number of carboxylic acid groups (broad SMARTS) is 1. The standard InChI is InChI=1S/C19H39NO2/c1-2-3-4-11-14-17-20-18-15-12-9-7-5-6-8-10-13-16-19(21)22/h20H,2-18H2,1H3,(H,21,22). The average Bonchev–Trinajstić information content (AvgIpc) is 2.50. The topological polar surface area (TPSA) is 49.3 Å². The fourth-order valence-corrected chi connectivity index (χ4v) is 2.74. The van der Waals surface area contributed by atoms with Crippen molar-refractivity contribution in [2.75, 3.05) is 13.1 Å². The molecule has 0 radical (unpaired) electrons. The van der Waals surface area contributed by atoms with Crippen molar-refractivity contribution in [1.29, 1.82) is 0 Å². The van der Waals surface area contributed by atoms with Crippen molar-refractivity contribution in [2.45, 2.75) is 103 Å². The molecule has 0 aromatic carbocycles. The molecular formula is C19H39NO2. The number of rotatable bonds is 18. The summed E-state index contributed by atoms with van der Waals surface area (Å²) in [7, 11) is 0. The Morgan fingerprint density at radius 3 is 1.55 bits per heavy atom. The fourth-order valence-electron chi connectivity index (χ4n) is 2.74. The van der Waals surface area contributed by atoms with Crippen LogP contribution < -0.4 is 5.32 Å². The summed E-state index contributed by atoms with van der Waals surface area (Å²) in [6.45, 7) is 4.64. The maximum Gasteiger partial charge on any atom is 0.303 e. The van der Waals surface area contributed by atoms with Crippen LogP contribution in [-0.2, 0) is 4.79 Å². The van der Waals surface area contributed by atoms with E-state index in [-0.39, 0.29) is 0 Å². The van der Waals surface area contributed by atoms with E-state index in [2.05, 4.69) is 12.2 Å². The van der Waals surface area contributed by atoms with Gasteiger partial charge in [-0.2, -0.15) is 0 Å². The van der Waals surface area contributed by atoms with Gasteiger partial charge in [0.25, 0.3) is 0 Å². The fraction of sp³-hybridized carbons (Fsp3) is 0.947. The first-order valence-electron chi connectivity index (χ1n) is 9.70. The van der Waals surface area contributed by atoms with Crippen molar-refractivity contribution in [1.82, 2.24) is 5.32 Å². The SMILES string of the molecule is CCCCCCCNCCCCCCCCCCCC(=O)O. The third-order valence-electron chi connectivity index (χ3n) is 4.20. The van der Waals surface area contributed by atoms with E-state index in [1.807, 2.05) is 0 Å². The first kappa shape index (κ1) is 21.4. The Morgan fingerprint density at radius 1 is 0.682 bits per heavy atom. The zero-order chi connectivity index (χ0) is 16.3. The van der Waals surface area contributed by atoms with Gasteiger partial charge in [-0.15, -0.1) is 0 Å². The minimum absolute atomic E-state index is 0.339. The predicted octanol–water partition coefficient (Wildman–Crippen LogP) is 5.53. The number of unbranched alkanes of at least 4 members (excludes halogenated alkanes) is 12. The lowest BCUT2D eigenvalue weighted by Gasteiger charge is -2.05. The number of carbonyl (C=O) groups is 1. The van der Waals surface area contributed by atoms with E-state index in [0.717, 1.165) is 12.8 Å². The molecule has 0 aliphatic rings. The minimum Gasteiger partial charge on any atom is -0.481 e. The lowest BCUT2D eigenvalue weighted by molar-refractivity contribution is -0.137. The highest BCUT2D eigenvalue weighted by molar-refractivity contribution is 5.66. The molecule has 22 heavy (non-hydrogen) atoms. The molecule has 0 atom stereocenters. The molecule has 2 N–H and O–H groups in total. The Bertz CT molecular complexity index is 231. The summed E-state index contributed by atoms with van der Waals surface area (Å²) in [4.78, 5) is 10.4. The largest absolute Gasteiger partial charge is 0.481 e. The number of carboxylic acids is 1. The summed E-state index contributed by atoms with van der Waals surface area (Å²) in [6.07, 6.45) is 18.2. The van der Waals surface area contributed by atoms with Gasteiger partial charge in [0.15, 0.2) is 0 Å². The Kier molecular flexibility index (Phi) is 18.0. The van der Waals surface area contributed by atoms with Crippen LogP contribution in [0.2, 0.25) is 0 Å². The predicted molar refractivity (Wildman–Crippen MR) is 95.4 cm³/mol. The van der Waals surface area contributed by atoms with Crippen LogP contribution >= 0.6 is 0 Å². The molecule has 0 amide bonds. The minimum atomic E-state index is -0.658. The molecule has 0 rings (SSSR count). The van der Waals surface area contributed by atoms with E-state index in [1.54, 1.807) is 0 Å². The summed E-state index contributed by atoms with van der Waals surface area (Å²) < 4.78 is 0. The van der Waals surface area contributed by atoms with Gasteiger partial charge in [-0.25, -0.2) is 0 Å². The summed E-state index contributed by atoms with van der Waals surface area (Å²) in [5.41, 5.74) is 0. The molecule has 0 unspecified atom stereocenters. The lowest BCUT2D eigenvalue weighted by Crippen LogP contribution is -2.16. The van der Waals surface area contributed by atoms with Crippen molar-refractivity contribution in [3.8, 4) is 0 Å². The second-order valence-electron chi connectivity index (χ2n) is 6.49. The molecule has 0 aliphatic heterocycles. The molecule has 3 nitrogen and oxygen atoms in total. The normalized spacial score (nSPS) is 11.0. The van der Waals surface area contributed by atoms with Crippen LogP contribution in [-0.4, -0.2) is 24.2 Å². The Morgan fingerprint density at radius 2 is 1.09 bits per heavy atom. The van der Waals surface area contributed by atoms with Crippen LogP contribution in [0, 0.1) is 0 Å². The van der Waals surface area contributed by atoms with Crippen molar-refractivity contribution >= 4 is 5.97 Å². The van der Waals surface area contributed by atoms with Crippen LogP contribution in [0.4, 0.5) is 0 Å². The molecule has 0 aromatic heterocycles. The van der Waals surface area contributed by atoms with Gasteiger partial charge in [0.05, 0.1) is 0 Å². The van der Waals surface area contributed by atoms with Crippen LogP contribution in [0.3, 0.4) is 0 Å². The number of hydrogen-bond acceptors (Lipinski definition) is 2. The smallest absolute Gasteiger partial charge is 0.303 e. The molecule has 0 aliphatic carbocycles. The van der Waals surface area contributed by atoms with E-state index < -0.39 is 5.97 Å². The van der Waals surface area contributed by atoms with E-state index in [9.17, 15) is 4.79 Å². The van der Waals surface area contributed by atoms with Crippen LogP contribution in [0.25, 0.3) is 0 Å². The summed E-state index contributed by atoms with van der Waals surface area (Å²) >= 11 is 0. The maximum absolute atomic E-state index is 10.4. The number of nitrogens with one attached hydrogen (secondary N) is 1. The second kappa shape index (κ2) is 18.5. The third-order valence-corrected chi connectivity index (χ3v) is 4.20. The molecule has 0 fully saturated rings. The van der Waals surface area contributed by atoms with E-state index in [0.29, 0.717) is 6.42 Å².